The molecule has 0 aromatic heterocycles. The van der Waals surface area contributed by atoms with Gasteiger partial charge < -0.3 is 9.47 Å². The van der Waals surface area contributed by atoms with Gasteiger partial charge >= 0.3 is 11.9 Å². The summed E-state index contributed by atoms with van der Waals surface area (Å²) in [5.74, 6) is 1.18. The number of ether oxygens (including phenoxy) is 2. The minimum atomic E-state index is -0.331. The van der Waals surface area contributed by atoms with Crippen LogP contribution < -0.4 is 0 Å². The summed E-state index contributed by atoms with van der Waals surface area (Å²) >= 11 is 6.45. The molecule has 0 bridgehead atoms. The largest absolute Gasteiger partial charge is 0.465 e. The van der Waals surface area contributed by atoms with E-state index in [1.54, 1.807) is 0 Å². The van der Waals surface area contributed by atoms with Crippen LogP contribution in [0.3, 0.4) is 0 Å². The second-order valence-electron chi connectivity index (χ2n) is 9.55. The Hall–Kier alpha value is -0.770. The van der Waals surface area contributed by atoms with Crippen LogP contribution >= 0.6 is 11.6 Å². The molecule has 3 rings (SSSR count). The van der Waals surface area contributed by atoms with Crippen LogP contribution in [0.5, 0.6) is 0 Å². The number of rotatable bonds is 14. The van der Waals surface area contributed by atoms with Crippen LogP contribution in [0, 0.1) is 23.7 Å². The molecule has 0 aromatic carbocycles. The molecule has 3 aliphatic carbocycles. The monoisotopic (exact) mass is 426 g/mol. The van der Waals surface area contributed by atoms with Gasteiger partial charge in [-0.3, -0.25) is 9.59 Å². The minimum Gasteiger partial charge on any atom is -0.465 e. The number of alkyl halides is 1. The van der Waals surface area contributed by atoms with Gasteiger partial charge in [0.05, 0.1) is 25.0 Å². The standard InChI is InChI=1S/C24H39ClO4/c25-22-17-20(23(26)28-15-5-1-3-7-18-9-10-18)13-14-21(22)24(27)29-16-6-2-4-8-19-11-12-19/h18-22H,1-17H2. The molecule has 0 aliphatic heterocycles. The summed E-state index contributed by atoms with van der Waals surface area (Å²) in [7, 11) is 0. The maximum Gasteiger partial charge on any atom is 0.310 e. The molecule has 0 saturated heterocycles. The Bertz CT molecular complexity index is 515. The zero-order valence-electron chi connectivity index (χ0n) is 17.9. The van der Waals surface area contributed by atoms with Gasteiger partial charge in [0.25, 0.3) is 0 Å². The normalized spacial score (nSPS) is 26.9. The van der Waals surface area contributed by atoms with Crippen LogP contribution in [0.1, 0.15) is 96.3 Å². The summed E-state index contributed by atoms with van der Waals surface area (Å²) in [5.41, 5.74) is 0. The third-order valence-corrected chi connectivity index (χ3v) is 7.29. The highest BCUT2D eigenvalue weighted by atomic mass is 35.5. The summed E-state index contributed by atoms with van der Waals surface area (Å²) in [6, 6.07) is 0. The predicted octanol–water partition coefficient (Wildman–Crippen LogP) is 6.04. The van der Waals surface area contributed by atoms with Gasteiger partial charge in [0.1, 0.15) is 0 Å². The van der Waals surface area contributed by atoms with Crippen molar-refractivity contribution in [3.8, 4) is 0 Å². The zero-order chi connectivity index (χ0) is 20.5. The number of unbranched alkanes of at least 4 members (excludes halogenated alkanes) is 4. The molecule has 0 radical (unpaired) electrons. The van der Waals surface area contributed by atoms with Gasteiger partial charge in [-0.25, -0.2) is 0 Å². The van der Waals surface area contributed by atoms with E-state index in [0.29, 0.717) is 32.5 Å². The van der Waals surface area contributed by atoms with Crippen molar-refractivity contribution in [2.24, 2.45) is 23.7 Å². The number of halogens is 1. The number of hydrogen-bond donors (Lipinski definition) is 0. The summed E-state index contributed by atoms with van der Waals surface area (Å²) < 4.78 is 10.9. The Morgan fingerprint density at radius 1 is 0.690 bits per heavy atom. The van der Waals surface area contributed by atoms with Gasteiger partial charge in [-0.15, -0.1) is 11.6 Å². The molecule has 0 N–H and O–H groups in total. The molecule has 3 saturated carbocycles. The maximum atomic E-state index is 12.3. The molecule has 3 aliphatic rings. The third kappa shape index (κ3) is 8.86. The van der Waals surface area contributed by atoms with Crippen LogP contribution in [-0.2, 0) is 19.1 Å². The zero-order valence-corrected chi connectivity index (χ0v) is 18.7. The molecule has 0 spiro atoms. The number of carbonyl (C=O) groups excluding carboxylic acids is 2. The summed E-state index contributed by atoms with van der Waals surface area (Å²) in [6.07, 6.45) is 16.8. The number of hydrogen-bond acceptors (Lipinski definition) is 4. The van der Waals surface area contributed by atoms with Gasteiger partial charge in [-0.05, 0) is 43.9 Å². The smallest absolute Gasteiger partial charge is 0.310 e. The van der Waals surface area contributed by atoms with Gasteiger partial charge in [0, 0.05) is 5.38 Å². The molecular formula is C24H39ClO4. The molecule has 4 nitrogen and oxygen atoms in total. The van der Waals surface area contributed by atoms with E-state index in [4.69, 9.17) is 21.1 Å². The number of esters is 2. The maximum absolute atomic E-state index is 12.3. The summed E-state index contributed by atoms with van der Waals surface area (Å²) in [6.45, 7) is 1.01. The van der Waals surface area contributed by atoms with Gasteiger partial charge in [0.15, 0.2) is 0 Å². The molecule has 0 aromatic rings. The van der Waals surface area contributed by atoms with Crippen LogP contribution in [0.15, 0.2) is 0 Å². The first kappa shape index (κ1) is 22.9. The first-order valence-electron chi connectivity index (χ1n) is 12.1. The van der Waals surface area contributed by atoms with Crippen molar-refractivity contribution >= 4 is 23.5 Å². The van der Waals surface area contributed by atoms with Crippen molar-refractivity contribution in [2.75, 3.05) is 13.2 Å². The lowest BCUT2D eigenvalue weighted by Crippen LogP contribution is -2.36. The van der Waals surface area contributed by atoms with Crippen LogP contribution in [-0.4, -0.2) is 30.5 Å². The van der Waals surface area contributed by atoms with Crippen LogP contribution in [0.25, 0.3) is 0 Å². The molecule has 3 unspecified atom stereocenters. The van der Waals surface area contributed by atoms with Crippen molar-refractivity contribution in [1.82, 2.24) is 0 Å². The average molecular weight is 427 g/mol. The molecule has 29 heavy (non-hydrogen) atoms. The topological polar surface area (TPSA) is 52.6 Å². The first-order chi connectivity index (χ1) is 14.1. The van der Waals surface area contributed by atoms with E-state index in [-0.39, 0.29) is 29.2 Å². The van der Waals surface area contributed by atoms with E-state index in [1.165, 1.54) is 51.4 Å². The van der Waals surface area contributed by atoms with E-state index in [9.17, 15) is 9.59 Å². The highest BCUT2D eigenvalue weighted by Crippen LogP contribution is 2.36. The molecular weight excluding hydrogens is 388 g/mol. The van der Waals surface area contributed by atoms with Crippen molar-refractivity contribution in [2.45, 2.75) is 102 Å². The summed E-state index contributed by atoms with van der Waals surface area (Å²) in [5, 5.41) is -0.331. The van der Waals surface area contributed by atoms with Gasteiger partial charge in [-0.1, -0.05) is 64.2 Å². The molecule has 3 atom stereocenters. The van der Waals surface area contributed by atoms with E-state index in [1.807, 2.05) is 0 Å². The van der Waals surface area contributed by atoms with E-state index in [0.717, 1.165) is 37.5 Å². The van der Waals surface area contributed by atoms with E-state index >= 15 is 0 Å². The van der Waals surface area contributed by atoms with Crippen LogP contribution in [0.4, 0.5) is 0 Å². The van der Waals surface area contributed by atoms with Crippen molar-refractivity contribution in [3.05, 3.63) is 0 Å². The average Bonchev–Trinajstić information content (AvgIpc) is 3.61. The lowest BCUT2D eigenvalue weighted by molar-refractivity contribution is -0.155. The lowest BCUT2D eigenvalue weighted by atomic mass is 9.81. The van der Waals surface area contributed by atoms with Crippen LogP contribution in [0.2, 0.25) is 0 Å². The Kier molecular flexibility index (Phi) is 9.61. The second-order valence-corrected chi connectivity index (χ2v) is 10.1. The lowest BCUT2D eigenvalue weighted by Gasteiger charge is -2.30. The van der Waals surface area contributed by atoms with Crippen molar-refractivity contribution < 1.29 is 19.1 Å². The Morgan fingerprint density at radius 2 is 1.24 bits per heavy atom. The molecule has 3 fully saturated rings. The fourth-order valence-electron chi connectivity index (χ4n) is 4.40. The van der Waals surface area contributed by atoms with Gasteiger partial charge in [0.2, 0.25) is 0 Å². The fourth-order valence-corrected chi connectivity index (χ4v) is 4.85. The van der Waals surface area contributed by atoms with Crippen molar-refractivity contribution in [3.63, 3.8) is 0 Å². The predicted molar refractivity (Wildman–Crippen MR) is 115 cm³/mol. The first-order valence-corrected chi connectivity index (χ1v) is 12.5. The quantitative estimate of drug-likeness (QED) is 0.193. The van der Waals surface area contributed by atoms with Crippen molar-refractivity contribution in [1.29, 1.82) is 0 Å². The Morgan fingerprint density at radius 3 is 1.76 bits per heavy atom. The van der Waals surface area contributed by atoms with E-state index in [2.05, 4.69) is 0 Å². The second kappa shape index (κ2) is 12.2. The highest BCUT2D eigenvalue weighted by Gasteiger charge is 2.38. The summed E-state index contributed by atoms with van der Waals surface area (Å²) in [4.78, 5) is 24.6. The fraction of sp³-hybridized carbons (Fsp3) is 0.917. The SMILES string of the molecule is O=C(OCCCCCC1CC1)C1CCC(C(=O)OCCCCCC2CC2)C(Cl)C1. The molecule has 0 heterocycles. The number of carbonyl (C=O) groups is 2. The highest BCUT2D eigenvalue weighted by molar-refractivity contribution is 6.22. The molecule has 5 heteroatoms. The molecule has 0 amide bonds. The molecule has 166 valence electrons. The minimum absolute atomic E-state index is 0.139. The Balaban J connectivity index is 1.21. The van der Waals surface area contributed by atoms with E-state index < -0.39 is 0 Å². The third-order valence-electron chi connectivity index (χ3n) is 6.80. The van der Waals surface area contributed by atoms with Gasteiger partial charge in [-0.2, -0.15) is 0 Å². The Labute approximate surface area is 181 Å².